The van der Waals surface area contributed by atoms with Crippen LogP contribution in [0.5, 0.6) is 0 Å². The Morgan fingerprint density at radius 2 is 1.67 bits per heavy atom. The number of nitrogens with zero attached hydrogens (tertiary/aromatic N) is 1. The smallest absolute Gasteiger partial charge is 0.253 e. The van der Waals surface area contributed by atoms with E-state index in [0.29, 0.717) is 5.56 Å². The maximum Gasteiger partial charge on any atom is 0.253 e. The third-order valence-electron chi connectivity index (χ3n) is 4.93. The summed E-state index contributed by atoms with van der Waals surface area (Å²) < 4.78 is 0. The van der Waals surface area contributed by atoms with E-state index in [-0.39, 0.29) is 17.7 Å². The molecule has 2 amide bonds. The van der Waals surface area contributed by atoms with Crippen LogP contribution in [-0.2, 0) is 4.79 Å². The number of nitrogens with one attached hydrogen (secondary N) is 1. The topological polar surface area (TPSA) is 49.4 Å². The van der Waals surface area contributed by atoms with Crippen molar-refractivity contribution in [2.24, 2.45) is 5.92 Å². The first-order valence-corrected chi connectivity index (χ1v) is 9.09. The second-order valence-corrected chi connectivity index (χ2v) is 6.75. The van der Waals surface area contributed by atoms with Gasteiger partial charge in [-0.1, -0.05) is 25.0 Å². The molecule has 1 aromatic rings. The molecule has 2 aliphatic rings. The molecule has 1 fully saturated rings. The molecule has 1 N–H and O–H groups in total. The van der Waals surface area contributed by atoms with Crippen LogP contribution in [-0.4, -0.2) is 29.8 Å². The van der Waals surface area contributed by atoms with Crippen molar-refractivity contribution in [2.45, 2.75) is 44.9 Å². The van der Waals surface area contributed by atoms with E-state index in [4.69, 9.17) is 0 Å². The number of benzene rings is 1. The highest BCUT2D eigenvalue weighted by Crippen LogP contribution is 2.21. The molecule has 0 radical (unpaired) electrons. The van der Waals surface area contributed by atoms with E-state index in [9.17, 15) is 9.59 Å². The number of carbonyl (C=O) groups is 2. The Hall–Kier alpha value is -2.10. The summed E-state index contributed by atoms with van der Waals surface area (Å²) >= 11 is 0. The summed E-state index contributed by atoms with van der Waals surface area (Å²) in [4.78, 5) is 26.8. The quantitative estimate of drug-likeness (QED) is 0.854. The Morgan fingerprint density at radius 1 is 0.958 bits per heavy atom. The summed E-state index contributed by atoms with van der Waals surface area (Å²) in [7, 11) is 0. The fourth-order valence-corrected chi connectivity index (χ4v) is 3.43. The first kappa shape index (κ1) is 16.7. The molecule has 0 bridgehead atoms. The minimum Gasteiger partial charge on any atom is -0.339 e. The Balaban J connectivity index is 1.59. The normalized spacial score (nSPS) is 21.2. The maximum atomic E-state index is 12.6. The van der Waals surface area contributed by atoms with Crippen molar-refractivity contribution in [3.8, 4) is 0 Å². The van der Waals surface area contributed by atoms with Gasteiger partial charge in [0.15, 0.2) is 0 Å². The molecule has 3 rings (SSSR count). The molecule has 1 aliphatic heterocycles. The molecule has 0 aromatic heterocycles. The third kappa shape index (κ3) is 4.25. The van der Waals surface area contributed by atoms with Crippen molar-refractivity contribution >= 4 is 17.5 Å². The Bertz CT molecular complexity index is 599. The molecule has 0 spiro atoms. The second-order valence-electron chi connectivity index (χ2n) is 6.75. The van der Waals surface area contributed by atoms with Gasteiger partial charge >= 0.3 is 0 Å². The highest BCUT2D eigenvalue weighted by molar-refractivity contribution is 5.96. The standard InChI is InChI=1S/C20H26N2O2/c23-19(16-8-4-3-5-9-16)21-18-12-10-17(11-13-18)20(24)22-14-6-1-2-7-15-22/h3-4,10-13,16H,1-2,5-9,14-15H2,(H,21,23)/t16-/m1/s1. The van der Waals surface area contributed by atoms with Crippen LogP contribution in [0.25, 0.3) is 0 Å². The van der Waals surface area contributed by atoms with E-state index < -0.39 is 0 Å². The second kappa shape index (κ2) is 8.13. The maximum absolute atomic E-state index is 12.6. The van der Waals surface area contributed by atoms with E-state index in [0.717, 1.165) is 50.9 Å². The number of likely N-dealkylation sites (tertiary alicyclic amines) is 1. The lowest BCUT2D eigenvalue weighted by Crippen LogP contribution is -2.31. The van der Waals surface area contributed by atoms with E-state index >= 15 is 0 Å². The number of anilines is 1. The van der Waals surface area contributed by atoms with E-state index in [1.54, 1.807) is 0 Å². The molecule has 0 unspecified atom stereocenters. The number of carbonyl (C=O) groups excluding carboxylic acids is 2. The summed E-state index contributed by atoms with van der Waals surface area (Å²) in [6.45, 7) is 1.71. The summed E-state index contributed by atoms with van der Waals surface area (Å²) in [6, 6.07) is 7.32. The number of hydrogen-bond donors (Lipinski definition) is 1. The van der Waals surface area contributed by atoms with Crippen molar-refractivity contribution in [1.82, 2.24) is 4.90 Å². The van der Waals surface area contributed by atoms with Crippen molar-refractivity contribution in [3.05, 3.63) is 42.0 Å². The van der Waals surface area contributed by atoms with Crippen molar-refractivity contribution < 1.29 is 9.59 Å². The van der Waals surface area contributed by atoms with Crippen LogP contribution >= 0.6 is 0 Å². The Labute approximate surface area is 143 Å². The van der Waals surface area contributed by atoms with Crippen LogP contribution in [0.4, 0.5) is 5.69 Å². The molecule has 1 heterocycles. The number of amides is 2. The van der Waals surface area contributed by atoms with Crippen LogP contribution in [0.15, 0.2) is 36.4 Å². The number of allylic oxidation sites excluding steroid dienone is 2. The molecule has 1 atom stereocenters. The van der Waals surface area contributed by atoms with Gasteiger partial charge in [-0.3, -0.25) is 9.59 Å². The molecule has 0 saturated carbocycles. The first-order chi connectivity index (χ1) is 11.7. The minimum atomic E-state index is 0.0633. The largest absolute Gasteiger partial charge is 0.339 e. The first-order valence-electron chi connectivity index (χ1n) is 9.09. The lowest BCUT2D eigenvalue weighted by atomic mass is 9.93. The van der Waals surface area contributed by atoms with Crippen LogP contribution in [0.2, 0.25) is 0 Å². The van der Waals surface area contributed by atoms with Gasteiger partial charge in [-0.05, 0) is 56.4 Å². The van der Waals surface area contributed by atoms with Crippen molar-refractivity contribution in [2.75, 3.05) is 18.4 Å². The predicted molar refractivity (Wildman–Crippen MR) is 95.9 cm³/mol. The molecule has 24 heavy (non-hydrogen) atoms. The van der Waals surface area contributed by atoms with E-state index in [1.165, 1.54) is 12.8 Å². The number of rotatable bonds is 3. The van der Waals surface area contributed by atoms with Gasteiger partial charge in [0.1, 0.15) is 0 Å². The molecule has 1 aliphatic carbocycles. The zero-order valence-electron chi connectivity index (χ0n) is 14.2. The fourth-order valence-electron chi connectivity index (χ4n) is 3.43. The Kier molecular flexibility index (Phi) is 5.68. The molecular formula is C20H26N2O2. The summed E-state index contributed by atoms with van der Waals surface area (Å²) in [5, 5.41) is 2.97. The van der Waals surface area contributed by atoms with Crippen molar-refractivity contribution in [1.29, 1.82) is 0 Å². The molecule has 1 saturated heterocycles. The zero-order chi connectivity index (χ0) is 16.8. The molecule has 4 heteroatoms. The zero-order valence-corrected chi connectivity index (χ0v) is 14.2. The summed E-state index contributed by atoms with van der Waals surface area (Å²) in [6.07, 6.45) is 11.5. The molecule has 4 nitrogen and oxygen atoms in total. The molecular weight excluding hydrogens is 300 g/mol. The van der Waals surface area contributed by atoms with Crippen LogP contribution in [0.1, 0.15) is 55.3 Å². The van der Waals surface area contributed by atoms with Gasteiger partial charge in [0, 0.05) is 30.3 Å². The van der Waals surface area contributed by atoms with Gasteiger partial charge in [-0.25, -0.2) is 0 Å². The van der Waals surface area contributed by atoms with Gasteiger partial charge in [-0.15, -0.1) is 0 Å². The van der Waals surface area contributed by atoms with E-state index in [2.05, 4.69) is 17.5 Å². The highest BCUT2D eigenvalue weighted by atomic mass is 16.2. The predicted octanol–water partition coefficient (Wildman–Crippen LogP) is 4.00. The van der Waals surface area contributed by atoms with Gasteiger partial charge < -0.3 is 10.2 Å². The van der Waals surface area contributed by atoms with E-state index in [1.807, 2.05) is 29.2 Å². The lowest BCUT2D eigenvalue weighted by molar-refractivity contribution is -0.120. The minimum absolute atomic E-state index is 0.0633. The average molecular weight is 326 g/mol. The van der Waals surface area contributed by atoms with Gasteiger partial charge in [0.2, 0.25) is 5.91 Å². The highest BCUT2D eigenvalue weighted by Gasteiger charge is 2.20. The summed E-state index contributed by atoms with van der Waals surface area (Å²) in [5.41, 5.74) is 1.47. The van der Waals surface area contributed by atoms with Gasteiger partial charge in [0.05, 0.1) is 0 Å². The van der Waals surface area contributed by atoms with Crippen LogP contribution < -0.4 is 5.32 Å². The molecule has 128 valence electrons. The monoisotopic (exact) mass is 326 g/mol. The average Bonchev–Trinajstić information content (AvgIpc) is 2.92. The number of hydrogen-bond acceptors (Lipinski definition) is 2. The van der Waals surface area contributed by atoms with Gasteiger partial charge in [0.25, 0.3) is 5.91 Å². The van der Waals surface area contributed by atoms with Crippen LogP contribution in [0, 0.1) is 5.92 Å². The fraction of sp³-hybridized carbons (Fsp3) is 0.500. The molecule has 1 aromatic carbocycles. The van der Waals surface area contributed by atoms with Gasteiger partial charge in [-0.2, -0.15) is 0 Å². The Morgan fingerprint density at radius 3 is 2.29 bits per heavy atom. The third-order valence-corrected chi connectivity index (χ3v) is 4.93. The van der Waals surface area contributed by atoms with Crippen molar-refractivity contribution in [3.63, 3.8) is 0 Å². The lowest BCUT2D eigenvalue weighted by Gasteiger charge is -2.20. The van der Waals surface area contributed by atoms with Crippen LogP contribution in [0.3, 0.4) is 0 Å². The SMILES string of the molecule is O=C(Nc1ccc(C(=O)N2CCCCCC2)cc1)[C@@H]1CC=CCC1. The summed E-state index contributed by atoms with van der Waals surface area (Å²) in [5.74, 6) is 0.242.